The number of thiazole rings is 1. The maximum absolute atomic E-state index is 13.3. The smallest absolute Gasteiger partial charge is 0.251 e. The number of hydrogen-bond donors (Lipinski definition) is 1. The Morgan fingerprint density at radius 1 is 1.07 bits per heavy atom. The van der Waals surface area contributed by atoms with Gasteiger partial charge < -0.3 is 15.1 Å². The van der Waals surface area contributed by atoms with Gasteiger partial charge in [-0.15, -0.1) is 11.3 Å². The number of amides is 1. The lowest BCUT2D eigenvalue weighted by Crippen LogP contribution is -2.70. The lowest BCUT2D eigenvalue weighted by molar-refractivity contribution is 0.0180. The van der Waals surface area contributed by atoms with Crippen molar-refractivity contribution in [1.82, 2.24) is 20.1 Å². The van der Waals surface area contributed by atoms with Crippen molar-refractivity contribution in [3.05, 3.63) is 65.2 Å². The molecule has 4 saturated heterocycles. The van der Waals surface area contributed by atoms with E-state index in [4.69, 9.17) is 0 Å². The van der Waals surface area contributed by atoms with Gasteiger partial charge in [-0.25, -0.2) is 4.98 Å². The Bertz CT molecular complexity index is 1050. The standard InChI is InChI=1S/C23H24N4OS/c28-22(16-6-7-20-19(10-16)24-15-29-20)25-21-17-11-26-8-9-27(12-17)14-23(21,13-26)18-4-2-1-3-5-18/h1-7,10,15,17,21H,8-9,11-14H2,(H,25,28)/t17?,21-,23?/m0/s1. The second-order valence-electron chi connectivity index (χ2n) is 8.74. The van der Waals surface area contributed by atoms with Crippen LogP contribution in [-0.4, -0.2) is 66.0 Å². The molecule has 2 unspecified atom stereocenters. The zero-order valence-electron chi connectivity index (χ0n) is 16.3. The SMILES string of the molecule is O=C(N[C@H]1C2CN3CCN(C2)CC1(c1ccccc1)C3)c1ccc2scnc2c1. The van der Waals surface area contributed by atoms with Crippen LogP contribution in [0.15, 0.2) is 54.0 Å². The molecule has 2 aromatic carbocycles. The number of benzene rings is 2. The Morgan fingerprint density at radius 3 is 2.59 bits per heavy atom. The Labute approximate surface area is 174 Å². The van der Waals surface area contributed by atoms with Gasteiger partial charge >= 0.3 is 0 Å². The van der Waals surface area contributed by atoms with Crippen LogP contribution in [0.3, 0.4) is 0 Å². The Morgan fingerprint density at radius 2 is 1.83 bits per heavy atom. The first-order chi connectivity index (χ1) is 14.2. The molecule has 4 aliphatic heterocycles. The first-order valence-electron chi connectivity index (χ1n) is 10.4. The summed E-state index contributed by atoms with van der Waals surface area (Å²) in [7, 11) is 0. The summed E-state index contributed by atoms with van der Waals surface area (Å²) in [6.07, 6.45) is 0. The minimum Gasteiger partial charge on any atom is -0.348 e. The molecule has 0 aliphatic carbocycles. The van der Waals surface area contributed by atoms with Gasteiger partial charge in [0.05, 0.1) is 15.7 Å². The van der Waals surface area contributed by atoms with Crippen LogP contribution >= 0.6 is 11.3 Å². The minimum atomic E-state index is -0.0562. The normalized spacial score (nSPS) is 33.0. The van der Waals surface area contributed by atoms with E-state index in [-0.39, 0.29) is 17.4 Å². The third-order valence-electron chi connectivity index (χ3n) is 7.02. The molecule has 5 nitrogen and oxygen atoms in total. The van der Waals surface area contributed by atoms with Gasteiger partial charge in [0, 0.05) is 62.2 Å². The third kappa shape index (κ3) is 2.81. The Hall–Kier alpha value is -2.28. The number of fused-ring (bicyclic) bond motifs is 2. The molecular weight excluding hydrogens is 380 g/mol. The molecule has 3 aromatic rings. The van der Waals surface area contributed by atoms with Crippen LogP contribution in [0.1, 0.15) is 15.9 Å². The van der Waals surface area contributed by atoms with Gasteiger partial charge in [0.1, 0.15) is 0 Å². The van der Waals surface area contributed by atoms with Crippen molar-refractivity contribution in [2.45, 2.75) is 11.5 Å². The van der Waals surface area contributed by atoms with Gasteiger partial charge in [-0.05, 0) is 23.8 Å². The highest BCUT2D eigenvalue weighted by atomic mass is 32.1. The fourth-order valence-electron chi connectivity index (χ4n) is 5.79. The Balaban J connectivity index is 1.38. The number of hydrogen-bond acceptors (Lipinski definition) is 5. The van der Waals surface area contributed by atoms with E-state index >= 15 is 0 Å². The monoisotopic (exact) mass is 404 g/mol. The van der Waals surface area contributed by atoms with E-state index in [1.807, 2.05) is 23.7 Å². The maximum atomic E-state index is 13.3. The summed E-state index contributed by atoms with van der Waals surface area (Å²) < 4.78 is 1.12. The van der Waals surface area contributed by atoms with E-state index in [0.717, 1.165) is 49.5 Å². The highest BCUT2D eigenvalue weighted by Crippen LogP contribution is 2.43. The molecule has 6 heteroatoms. The van der Waals surface area contributed by atoms with Crippen LogP contribution in [0.25, 0.3) is 10.2 Å². The summed E-state index contributed by atoms with van der Waals surface area (Å²) in [4.78, 5) is 22.9. The van der Waals surface area contributed by atoms with Crippen molar-refractivity contribution in [3.8, 4) is 0 Å². The molecule has 3 atom stereocenters. The summed E-state index contributed by atoms with van der Waals surface area (Å²) in [5.74, 6) is 0.475. The molecular formula is C23H24N4OS. The van der Waals surface area contributed by atoms with Gasteiger partial charge in [0.2, 0.25) is 0 Å². The summed E-state index contributed by atoms with van der Waals surface area (Å²) in [5, 5.41) is 3.49. The Kier molecular flexibility index (Phi) is 4.01. The lowest BCUT2D eigenvalue weighted by atomic mass is 9.64. The molecule has 4 bridgehead atoms. The molecule has 1 aromatic heterocycles. The maximum Gasteiger partial charge on any atom is 0.251 e. The van der Waals surface area contributed by atoms with Crippen LogP contribution in [0, 0.1) is 5.92 Å². The topological polar surface area (TPSA) is 48.5 Å². The number of piperidine rings is 2. The van der Waals surface area contributed by atoms with Crippen molar-refractivity contribution in [2.24, 2.45) is 5.92 Å². The van der Waals surface area contributed by atoms with Gasteiger partial charge in [0.25, 0.3) is 5.91 Å². The number of nitrogens with one attached hydrogen (secondary N) is 1. The molecule has 148 valence electrons. The van der Waals surface area contributed by atoms with Crippen molar-refractivity contribution < 1.29 is 4.79 Å². The lowest BCUT2D eigenvalue weighted by Gasteiger charge is -2.55. The largest absolute Gasteiger partial charge is 0.348 e. The summed E-state index contributed by atoms with van der Waals surface area (Å²) in [6, 6.07) is 16.8. The fourth-order valence-corrected chi connectivity index (χ4v) is 6.45. The highest BCUT2D eigenvalue weighted by molar-refractivity contribution is 7.16. The van der Waals surface area contributed by atoms with Crippen LogP contribution in [0.5, 0.6) is 0 Å². The van der Waals surface area contributed by atoms with Crippen molar-refractivity contribution in [2.75, 3.05) is 39.3 Å². The summed E-state index contributed by atoms with van der Waals surface area (Å²) in [5.41, 5.74) is 4.74. The molecule has 7 rings (SSSR count). The predicted molar refractivity (Wildman–Crippen MR) is 115 cm³/mol. The van der Waals surface area contributed by atoms with Gasteiger partial charge in [-0.2, -0.15) is 0 Å². The fraction of sp³-hybridized carbons (Fsp3) is 0.391. The van der Waals surface area contributed by atoms with Gasteiger partial charge in [-0.3, -0.25) is 4.79 Å². The van der Waals surface area contributed by atoms with E-state index in [9.17, 15) is 4.79 Å². The molecule has 0 radical (unpaired) electrons. The molecule has 29 heavy (non-hydrogen) atoms. The third-order valence-corrected chi connectivity index (χ3v) is 7.83. The number of carbonyl (C=O) groups is 1. The molecule has 4 fully saturated rings. The van der Waals surface area contributed by atoms with Crippen LogP contribution in [-0.2, 0) is 5.41 Å². The van der Waals surface area contributed by atoms with Crippen molar-refractivity contribution in [1.29, 1.82) is 0 Å². The zero-order valence-corrected chi connectivity index (χ0v) is 17.1. The average Bonchev–Trinajstić information content (AvgIpc) is 3.08. The molecule has 0 saturated carbocycles. The number of rotatable bonds is 3. The van der Waals surface area contributed by atoms with Crippen LogP contribution < -0.4 is 5.32 Å². The highest BCUT2D eigenvalue weighted by Gasteiger charge is 2.55. The second-order valence-corrected chi connectivity index (χ2v) is 9.62. The van der Waals surface area contributed by atoms with Gasteiger partial charge in [-0.1, -0.05) is 30.3 Å². The van der Waals surface area contributed by atoms with Crippen LogP contribution in [0.2, 0.25) is 0 Å². The van der Waals surface area contributed by atoms with Crippen molar-refractivity contribution >= 4 is 27.5 Å². The van der Waals surface area contributed by atoms with E-state index in [1.54, 1.807) is 11.3 Å². The zero-order chi connectivity index (χ0) is 19.4. The van der Waals surface area contributed by atoms with E-state index in [2.05, 4.69) is 50.4 Å². The number of nitrogens with zero attached hydrogens (tertiary/aromatic N) is 3. The molecule has 0 spiro atoms. The molecule has 1 amide bonds. The van der Waals surface area contributed by atoms with Crippen LogP contribution in [0.4, 0.5) is 0 Å². The second kappa shape index (κ2) is 6.62. The molecule has 5 heterocycles. The van der Waals surface area contributed by atoms with Crippen molar-refractivity contribution in [3.63, 3.8) is 0 Å². The number of aromatic nitrogens is 1. The van der Waals surface area contributed by atoms with E-state index in [1.165, 1.54) is 5.56 Å². The first kappa shape index (κ1) is 17.6. The summed E-state index contributed by atoms with van der Waals surface area (Å²) >= 11 is 1.61. The first-order valence-corrected chi connectivity index (χ1v) is 11.2. The van der Waals surface area contributed by atoms with E-state index < -0.39 is 0 Å². The predicted octanol–water partition coefficient (Wildman–Crippen LogP) is 2.59. The van der Waals surface area contributed by atoms with E-state index in [0.29, 0.717) is 11.5 Å². The molecule has 1 N–H and O–H groups in total. The average molecular weight is 405 g/mol. The number of carbonyl (C=O) groups excluding carboxylic acids is 1. The summed E-state index contributed by atoms with van der Waals surface area (Å²) in [6.45, 7) is 6.43. The minimum absolute atomic E-state index is 0.0244. The molecule has 4 aliphatic rings. The van der Waals surface area contributed by atoms with Gasteiger partial charge in [0.15, 0.2) is 0 Å². The quantitative estimate of drug-likeness (QED) is 0.729.